The van der Waals surface area contributed by atoms with E-state index in [1.165, 1.54) is 30.9 Å². The molecule has 0 saturated carbocycles. The lowest BCUT2D eigenvalue weighted by molar-refractivity contribution is 0.116. The van der Waals surface area contributed by atoms with Gasteiger partial charge in [-0.3, -0.25) is 4.90 Å². The lowest BCUT2D eigenvalue weighted by Crippen LogP contribution is -2.45. The Bertz CT molecular complexity index is 1200. The predicted molar refractivity (Wildman–Crippen MR) is 127 cm³/mol. The van der Waals surface area contributed by atoms with Gasteiger partial charge >= 0.3 is 0 Å². The molecule has 2 aliphatic heterocycles. The minimum atomic E-state index is -3.67. The second-order valence-corrected chi connectivity index (χ2v) is 10.7. The van der Waals surface area contributed by atoms with Gasteiger partial charge in [0.05, 0.1) is 12.4 Å². The Labute approximate surface area is 195 Å². The van der Waals surface area contributed by atoms with Crippen molar-refractivity contribution in [2.75, 3.05) is 19.7 Å². The average molecular weight is 467 g/mol. The lowest BCUT2D eigenvalue weighted by atomic mass is 9.82. The number of ether oxygens (including phenoxy) is 1. The van der Waals surface area contributed by atoms with Crippen molar-refractivity contribution in [1.29, 1.82) is 0 Å². The summed E-state index contributed by atoms with van der Waals surface area (Å²) in [6.45, 7) is 3.12. The van der Waals surface area contributed by atoms with Crippen molar-refractivity contribution in [3.63, 3.8) is 0 Å². The molecule has 0 spiro atoms. The summed E-state index contributed by atoms with van der Waals surface area (Å²) in [4.78, 5) is 6.53. The fourth-order valence-corrected chi connectivity index (χ4v) is 5.95. The fourth-order valence-electron chi connectivity index (χ4n) is 4.95. The van der Waals surface area contributed by atoms with Gasteiger partial charge in [0, 0.05) is 25.7 Å². The second kappa shape index (κ2) is 9.29. The molecule has 2 aliphatic rings. The van der Waals surface area contributed by atoms with Crippen LogP contribution in [0.15, 0.2) is 66.1 Å². The number of aryl methyl sites for hydroxylation is 1. The van der Waals surface area contributed by atoms with Crippen molar-refractivity contribution in [2.24, 2.45) is 7.05 Å². The number of hydrogen-bond acceptors (Lipinski definition) is 5. The van der Waals surface area contributed by atoms with Crippen LogP contribution in [0.3, 0.4) is 0 Å². The van der Waals surface area contributed by atoms with Crippen molar-refractivity contribution in [2.45, 2.75) is 42.8 Å². The van der Waals surface area contributed by atoms with E-state index in [2.05, 4.69) is 44.9 Å². The summed E-state index contributed by atoms with van der Waals surface area (Å²) in [7, 11) is -1.92. The van der Waals surface area contributed by atoms with Crippen molar-refractivity contribution in [1.82, 2.24) is 19.2 Å². The summed E-state index contributed by atoms with van der Waals surface area (Å²) in [6, 6.07) is 16.9. The largest absolute Gasteiger partial charge is 0.492 e. The Morgan fingerprint density at radius 2 is 1.88 bits per heavy atom. The molecule has 0 bridgehead atoms. The number of likely N-dealkylation sites (tertiary alicyclic amines) is 1. The van der Waals surface area contributed by atoms with E-state index in [-0.39, 0.29) is 11.6 Å². The summed E-state index contributed by atoms with van der Waals surface area (Å²) >= 11 is 0. The van der Waals surface area contributed by atoms with Gasteiger partial charge in [-0.05, 0) is 55.1 Å². The summed E-state index contributed by atoms with van der Waals surface area (Å²) in [5.41, 5.74) is 3.38. The van der Waals surface area contributed by atoms with Gasteiger partial charge in [0.15, 0.2) is 5.03 Å². The van der Waals surface area contributed by atoms with E-state index in [9.17, 15) is 8.42 Å². The molecule has 0 radical (unpaired) electrons. The molecule has 0 unspecified atom stereocenters. The molecule has 0 amide bonds. The topological polar surface area (TPSA) is 76.5 Å². The maximum Gasteiger partial charge on any atom is 0.259 e. The first-order chi connectivity index (χ1) is 16.0. The van der Waals surface area contributed by atoms with E-state index in [0.29, 0.717) is 18.6 Å². The molecule has 1 N–H and O–H groups in total. The van der Waals surface area contributed by atoms with Gasteiger partial charge in [0.25, 0.3) is 10.0 Å². The van der Waals surface area contributed by atoms with Crippen molar-refractivity contribution >= 4 is 10.0 Å². The Balaban J connectivity index is 1.41. The van der Waals surface area contributed by atoms with Gasteiger partial charge in [0.2, 0.25) is 0 Å². The molecule has 0 aliphatic carbocycles. The molecule has 3 heterocycles. The van der Waals surface area contributed by atoms with E-state index >= 15 is 0 Å². The fraction of sp³-hybridized carbons (Fsp3) is 0.400. The van der Waals surface area contributed by atoms with Crippen LogP contribution in [-0.4, -0.2) is 48.6 Å². The van der Waals surface area contributed by atoms with Crippen molar-refractivity contribution in [3.8, 4) is 5.75 Å². The van der Waals surface area contributed by atoms with E-state index < -0.39 is 10.0 Å². The highest BCUT2D eigenvalue weighted by atomic mass is 32.2. The first kappa shape index (κ1) is 22.1. The Morgan fingerprint density at radius 1 is 1.09 bits per heavy atom. The third-order valence-corrected chi connectivity index (χ3v) is 7.96. The quantitative estimate of drug-likeness (QED) is 0.579. The molecule has 174 valence electrons. The molecule has 33 heavy (non-hydrogen) atoms. The molecule has 1 saturated heterocycles. The maximum absolute atomic E-state index is 12.6. The molecule has 3 aromatic rings. The molecule has 8 heteroatoms. The monoisotopic (exact) mass is 466 g/mol. The third-order valence-electron chi connectivity index (χ3n) is 6.68. The number of hydrogen-bond donors (Lipinski definition) is 1. The van der Waals surface area contributed by atoms with Crippen LogP contribution >= 0.6 is 0 Å². The zero-order chi connectivity index (χ0) is 22.8. The molecule has 5 rings (SSSR count). The summed E-state index contributed by atoms with van der Waals surface area (Å²) in [6.07, 6.45) is 6.38. The highest BCUT2D eigenvalue weighted by Gasteiger charge is 2.36. The second-order valence-electron chi connectivity index (χ2n) is 8.99. The van der Waals surface area contributed by atoms with Gasteiger partial charge < -0.3 is 9.30 Å². The van der Waals surface area contributed by atoms with Crippen LogP contribution in [0.4, 0.5) is 0 Å². The first-order valence-electron chi connectivity index (χ1n) is 11.5. The van der Waals surface area contributed by atoms with Gasteiger partial charge in [-0.1, -0.05) is 42.5 Å². The molecule has 1 aromatic heterocycles. The van der Waals surface area contributed by atoms with Crippen LogP contribution in [0.25, 0.3) is 0 Å². The van der Waals surface area contributed by atoms with E-state index in [4.69, 9.17) is 4.74 Å². The number of fused-ring (bicyclic) bond motifs is 1. The third kappa shape index (κ3) is 4.83. The van der Waals surface area contributed by atoms with E-state index in [1.54, 1.807) is 11.6 Å². The number of imidazole rings is 1. The Morgan fingerprint density at radius 3 is 2.61 bits per heavy atom. The van der Waals surface area contributed by atoms with Crippen LogP contribution in [-0.2, 0) is 30.0 Å². The number of sulfonamides is 1. The maximum atomic E-state index is 12.6. The minimum absolute atomic E-state index is 0.0299. The molecule has 2 atom stereocenters. The average Bonchev–Trinajstić information content (AvgIpc) is 3.51. The van der Waals surface area contributed by atoms with Gasteiger partial charge in [0.1, 0.15) is 12.4 Å². The van der Waals surface area contributed by atoms with Gasteiger partial charge in [-0.25, -0.2) is 18.1 Å². The standard InChI is InChI=1S/C25H30N4O3S/c1-28-16-25(26-18-28)33(30,31)27-15-20-9-10-24-22(14-20)21(13-19-7-3-2-4-8-19)23(17-32-24)29-11-5-6-12-29/h2-4,7-10,14,16,18,21,23,27H,5-6,11-13,15,17H2,1H3/t21-,23+/m0/s1. The Hall–Kier alpha value is -2.68. The first-order valence-corrected chi connectivity index (χ1v) is 13.0. The van der Waals surface area contributed by atoms with Gasteiger partial charge in [-0.15, -0.1) is 0 Å². The summed E-state index contributed by atoms with van der Waals surface area (Å²) < 4.78 is 35.7. The van der Waals surface area contributed by atoms with Crippen LogP contribution in [0.5, 0.6) is 5.75 Å². The summed E-state index contributed by atoms with van der Waals surface area (Å²) in [5, 5.41) is 0.0299. The molecular formula is C25H30N4O3S. The minimum Gasteiger partial charge on any atom is -0.492 e. The number of aromatic nitrogens is 2. The van der Waals surface area contributed by atoms with Gasteiger partial charge in [-0.2, -0.15) is 0 Å². The molecule has 2 aromatic carbocycles. The van der Waals surface area contributed by atoms with E-state index in [0.717, 1.165) is 36.4 Å². The molecule has 7 nitrogen and oxygen atoms in total. The lowest BCUT2D eigenvalue weighted by Gasteiger charge is -2.39. The number of rotatable bonds is 7. The highest BCUT2D eigenvalue weighted by molar-refractivity contribution is 7.89. The van der Waals surface area contributed by atoms with Crippen molar-refractivity contribution in [3.05, 3.63) is 77.7 Å². The summed E-state index contributed by atoms with van der Waals surface area (Å²) in [5.74, 6) is 1.20. The highest BCUT2D eigenvalue weighted by Crippen LogP contribution is 2.39. The zero-order valence-electron chi connectivity index (χ0n) is 18.9. The van der Waals surface area contributed by atoms with Crippen molar-refractivity contribution < 1.29 is 13.2 Å². The number of benzene rings is 2. The van der Waals surface area contributed by atoms with Crippen LogP contribution in [0.1, 0.15) is 35.4 Å². The zero-order valence-corrected chi connectivity index (χ0v) is 19.7. The SMILES string of the molecule is Cn1cnc(S(=O)(=O)NCc2ccc3c(c2)[C@H](Cc2ccccc2)[C@H](N2CCCC2)CO3)c1. The number of nitrogens with zero attached hydrogens (tertiary/aromatic N) is 3. The van der Waals surface area contributed by atoms with Crippen LogP contribution in [0.2, 0.25) is 0 Å². The Kier molecular flexibility index (Phi) is 6.23. The van der Waals surface area contributed by atoms with Crippen LogP contribution < -0.4 is 9.46 Å². The molecule has 1 fully saturated rings. The predicted octanol–water partition coefficient (Wildman–Crippen LogP) is 3.08. The normalized spacial score (nSPS) is 21.0. The number of nitrogens with one attached hydrogen (secondary N) is 1. The van der Waals surface area contributed by atoms with Crippen LogP contribution in [0, 0.1) is 0 Å². The smallest absolute Gasteiger partial charge is 0.259 e. The molecular weight excluding hydrogens is 436 g/mol. The van der Waals surface area contributed by atoms with E-state index in [1.807, 2.05) is 18.2 Å².